The van der Waals surface area contributed by atoms with Crippen molar-refractivity contribution in [3.8, 4) is 0 Å². The van der Waals surface area contributed by atoms with E-state index in [1.165, 1.54) is 20.8 Å². The summed E-state index contributed by atoms with van der Waals surface area (Å²) in [4.78, 5) is 61.0. The minimum atomic E-state index is -1.53. The molecule has 0 heterocycles. The van der Waals surface area contributed by atoms with Crippen molar-refractivity contribution in [1.82, 2.24) is 21.3 Å². The Labute approximate surface area is 214 Å². The van der Waals surface area contributed by atoms with Gasteiger partial charge in [0.15, 0.2) is 0 Å². The normalized spacial score (nSPS) is 15.8. The molecular weight excluding hydrogens is 492 g/mol. The number of hydrogen-bond acceptors (Lipinski definition) is 8. The van der Waals surface area contributed by atoms with Gasteiger partial charge in [-0.05, 0) is 32.8 Å². The zero-order valence-corrected chi connectivity index (χ0v) is 21.2. The van der Waals surface area contributed by atoms with E-state index in [1.54, 1.807) is 0 Å². The van der Waals surface area contributed by atoms with Crippen LogP contribution in [0.2, 0.25) is 0 Å². The summed E-state index contributed by atoms with van der Waals surface area (Å²) >= 11 is 4.22. The number of aliphatic hydroxyl groups is 2. The van der Waals surface area contributed by atoms with Crippen molar-refractivity contribution in [3.05, 3.63) is 35.9 Å². The fourth-order valence-electron chi connectivity index (χ4n) is 3.05. The molecule has 0 radical (unpaired) electrons. The first-order valence-corrected chi connectivity index (χ1v) is 11.9. The number of benzene rings is 1. The van der Waals surface area contributed by atoms with Gasteiger partial charge < -0.3 is 36.6 Å². The molecule has 4 amide bonds. The molecule has 0 saturated heterocycles. The van der Waals surface area contributed by atoms with Crippen LogP contribution >= 0.6 is 12.6 Å². The van der Waals surface area contributed by atoms with Crippen LogP contribution in [0.1, 0.15) is 26.3 Å². The number of carbonyl (C=O) groups excluding carboxylic acids is 4. The largest absolute Gasteiger partial charge is 0.480 e. The zero-order chi connectivity index (χ0) is 27.4. The summed E-state index contributed by atoms with van der Waals surface area (Å²) in [6, 6.07) is 3.88. The predicted molar refractivity (Wildman–Crippen MR) is 133 cm³/mol. The zero-order valence-electron chi connectivity index (χ0n) is 20.3. The van der Waals surface area contributed by atoms with Gasteiger partial charge in [-0.2, -0.15) is 12.6 Å². The fourth-order valence-corrected chi connectivity index (χ4v) is 3.35. The molecular formula is C23H34N4O8S. The maximum atomic E-state index is 12.7. The molecule has 1 aromatic carbocycles. The number of aliphatic hydroxyl groups excluding tert-OH is 2. The lowest BCUT2D eigenvalue weighted by molar-refractivity contribution is -0.142. The molecule has 1 aromatic rings. The molecule has 36 heavy (non-hydrogen) atoms. The smallest absolute Gasteiger partial charge is 0.325 e. The van der Waals surface area contributed by atoms with Gasteiger partial charge in [-0.3, -0.25) is 24.0 Å². The van der Waals surface area contributed by atoms with Crippen molar-refractivity contribution in [2.45, 2.75) is 57.5 Å². The summed E-state index contributed by atoms with van der Waals surface area (Å²) in [6.07, 6.45) is -0.991. The minimum Gasteiger partial charge on any atom is -0.480 e. The van der Waals surface area contributed by atoms with Crippen LogP contribution in [0.15, 0.2) is 30.3 Å². The second kappa shape index (κ2) is 15.1. The number of rotatable bonds is 14. The van der Waals surface area contributed by atoms with E-state index in [1.807, 2.05) is 30.3 Å². The van der Waals surface area contributed by atoms with Crippen LogP contribution in [-0.2, 0) is 30.4 Å². The molecule has 0 aromatic heterocycles. The highest BCUT2D eigenvalue weighted by Gasteiger charge is 2.32. The highest BCUT2D eigenvalue weighted by Crippen LogP contribution is 2.11. The Hall–Kier alpha value is -3.16. The summed E-state index contributed by atoms with van der Waals surface area (Å²) in [5.74, 6) is -4.75. The molecule has 1 rings (SSSR count). The maximum Gasteiger partial charge on any atom is 0.325 e. The molecule has 0 fully saturated rings. The van der Waals surface area contributed by atoms with Gasteiger partial charge in [0, 0.05) is 5.75 Å². The van der Waals surface area contributed by atoms with Crippen LogP contribution in [0.5, 0.6) is 0 Å². The number of amides is 4. The number of carbonyl (C=O) groups is 5. The number of hydrogen-bond donors (Lipinski definition) is 8. The van der Waals surface area contributed by atoms with E-state index < -0.39 is 72.4 Å². The topological polar surface area (TPSA) is 194 Å². The first-order chi connectivity index (χ1) is 16.9. The first-order valence-electron chi connectivity index (χ1n) is 11.3. The van der Waals surface area contributed by atoms with Crippen molar-refractivity contribution < 1.29 is 39.3 Å². The highest BCUT2D eigenvalue weighted by atomic mass is 32.1. The lowest BCUT2D eigenvalue weighted by atomic mass is 10.00. The Morgan fingerprint density at radius 3 is 1.92 bits per heavy atom. The number of carboxylic acids is 1. The Balaban J connectivity index is 2.77. The van der Waals surface area contributed by atoms with Crippen molar-refractivity contribution in [2.24, 2.45) is 5.92 Å². The van der Waals surface area contributed by atoms with Crippen LogP contribution in [0, 0.1) is 5.92 Å². The van der Waals surface area contributed by atoms with Crippen molar-refractivity contribution in [3.63, 3.8) is 0 Å². The number of aliphatic carboxylic acids is 1. The Morgan fingerprint density at radius 1 is 0.833 bits per heavy atom. The van der Waals surface area contributed by atoms with Crippen molar-refractivity contribution in [2.75, 3.05) is 12.4 Å². The summed E-state index contributed by atoms with van der Waals surface area (Å²) in [6.45, 7) is 2.97. The SMILES string of the molecule is C[C@H](NC(=O)[C@H](CO)NC(=O)[C@@H](NC(=O)[C@H](C)NC(=O)C(CS)Cc1ccccc1)[C@@H](C)O)C(=O)O. The maximum absolute atomic E-state index is 12.7. The van der Waals surface area contributed by atoms with Gasteiger partial charge in [0.05, 0.1) is 18.6 Å². The molecule has 0 bridgehead atoms. The van der Waals surface area contributed by atoms with Gasteiger partial charge in [0.1, 0.15) is 24.2 Å². The predicted octanol–water partition coefficient (Wildman–Crippen LogP) is -1.79. The van der Waals surface area contributed by atoms with Gasteiger partial charge >= 0.3 is 5.97 Å². The van der Waals surface area contributed by atoms with Crippen LogP contribution in [0.4, 0.5) is 0 Å². The Kier molecular flexibility index (Phi) is 12.9. The van der Waals surface area contributed by atoms with Crippen LogP contribution in [0.25, 0.3) is 0 Å². The van der Waals surface area contributed by atoms with E-state index in [4.69, 9.17) is 5.11 Å². The van der Waals surface area contributed by atoms with E-state index in [-0.39, 0.29) is 5.75 Å². The molecule has 0 spiro atoms. The number of thiol groups is 1. The van der Waals surface area contributed by atoms with Crippen molar-refractivity contribution >= 4 is 42.2 Å². The Morgan fingerprint density at radius 2 is 1.42 bits per heavy atom. The van der Waals surface area contributed by atoms with Gasteiger partial charge in [-0.25, -0.2) is 0 Å². The van der Waals surface area contributed by atoms with Gasteiger partial charge in [0.25, 0.3) is 0 Å². The van der Waals surface area contributed by atoms with Crippen LogP contribution in [-0.4, -0.2) is 87.5 Å². The third kappa shape index (κ3) is 9.84. The molecule has 1 unspecified atom stereocenters. The third-order valence-electron chi connectivity index (χ3n) is 5.28. The molecule has 0 aliphatic heterocycles. The van der Waals surface area contributed by atoms with Gasteiger partial charge in [-0.15, -0.1) is 0 Å². The summed E-state index contributed by atoms with van der Waals surface area (Å²) in [7, 11) is 0. The molecule has 0 saturated carbocycles. The molecule has 0 aliphatic rings. The fraction of sp³-hybridized carbons (Fsp3) is 0.522. The standard InChI is InChI=1S/C23H34N4O8S/c1-12(24-20(31)16(11-36)9-15-7-5-4-6-8-15)19(30)27-18(14(3)29)22(33)26-17(10-28)21(32)25-13(2)23(34)35/h4-8,12-14,16-18,28-29,36H,9-11H2,1-3H3,(H,24,31)(H,25,32)(H,26,33)(H,27,30)(H,34,35)/t12-,13-,14+,16?,17-,18-/m0/s1. The van der Waals surface area contributed by atoms with Crippen LogP contribution < -0.4 is 21.3 Å². The van der Waals surface area contributed by atoms with E-state index in [2.05, 4.69) is 33.9 Å². The molecule has 200 valence electrons. The second-order valence-corrected chi connectivity index (χ2v) is 8.70. The Bertz CT molecular complexity index is 915. The average molecular weight is 527 g/mol. The molecule has 0 aliphatic carbocycles. The molecule has 12 nitrogen and oxygen atoms in total. The second-order valence-electron chi connectivity index (χ2n) is 8.34. The number of carboxylic acid groups (broad SMARTS) is 1. The third-order valence-corrected chi connectivity index (χ3v) is 5.72. The minimum absolute atomic E-state index is 0.235. The van der Waals surface area contributed by atoms with Crippen LogP contribution in [0.3, 0.4) is 0 Å². The number of nitrogens with one attached hydrogen (secondary N) is 4. The molecule has 6 atom stereocenters. The quantitative estimate of drug-likeness (QED) is 0.130. The summed E-state index contributed by atoms with van der Waals surface area (Å²) < 4.78 is 0. The van der Waals surface area contributed by atoms with Crippen molar-refractivity contribution in [1.29, 1.82) is 0 Å². The van der Waals surface area contributed by atoms with E-state index >= 15 is 0 Å². The lowest BCUT2D eigenvalue weighted by Crippen LogP contribution is -2.60. The van der Waals surface area contributed by atoms with E-state index in [0.29, 0.717) is 6.42 Å². The van der Waals surface area contributed by atoms with Gasteiger partial charge in [-0.1, -0.05) is 30.3 Å². The average Bonchev–Trinajstić information content (AvgIpc) is 2.83. The van der Waals surface area contributed by atoms with Gasteiger partial charge in [0.2, 0.25) is 23.6 Å². The van der Waals surface area contributed by atoms with E-state index in [9.17, 15) is 34.2 Å². The summed E-state index contributed by atoms with van der Waals surface area (Å²) in [5, 5.41) is 37.5. The lowest BCUT2D eigenvalue weighted by Gasteiger charge is -2.26. The highest BCUT2D eigenvalue weighted by molar-refractivity contribution is 7.80. The monoisotopic (exact) mass is 526 g/mol. The summed E-state index contributed by atoms with van der Waals surface area (Å²) in [5.41, 5.74) is 0.926. The first kappa shape index (κ1) is 30.9. The van der Waals surface area contributed by atoms with E-state index in [0.717, 1.165) is 5.56 Å². The molecule has 7 N–H and O–H groups in total. The molecule has 13 heteroatoms.